The number of fused-ring (bicyclic) bond motifs is 3. The molecule has 0 aliphatic heterocycles. The van der Waals surface area contributed by atoms with Crippen LogP contribution in [0, 0.1) is 23.2 Å². The first-order valence-corrected chi connectivity index (χ1v) is 11.1. The summed E-state index contributed by atoms with van der Waals surface area (Å²) in [6.07, 6.45) is 16.0. The first-order chi connectivity index (χ1) is 12.3. The molecule has 7 rings (SSSR count). The molecule has 3 nitrogen and oxygen atoms in total. The van der Waals surface area contributed by atoms with Crippen LogP contribution in [0.4, 0.5) is 5.82 Å². The molecule has 4 saturated carbocycles. The van der Waals surface area contributed by atoms with Gasteiger partial charge < -0.3 is 5.32 Å². The van der Waals surface area contributed by atoms with Crippen molar-refractivity contribution < 1.29 is 0 Å². The van der Waals surface area contributed by atoms with Crippen molar-refractivity contribution in [3.8, 4) is 0 Å². The third kappa shape index (κ3) is 2.36. The SMILES string of the molecule is c1nc(NCCC23CC4CC(CC(C4)C2)C3)c2c3c(sc2n1)CCC3. The summed E-state index contributed by atoms with van der Waals surface area (Å²) in [4.78, 5) is 11.9. The molecule has 5 aliphatic rings. The van der Waals surface area contributed by atoms with Crippen molar-refractivity contribution in [2.24, 2.45) is 23.2 Å². The molecule has 4 fully saturated rings. The fraction of sp³-hybridized carbons (Fsp3) is 0.714. The van der Waals surface area contributed by atoms with E-state index in [1.807, 2.05) is 11.3 Å². The Morgan fingerprint density at radius 3 is 2.56 bits per heavy atom. The zero-order valence-corrected chi connectivity index (χ0v) is 15.7. The molecule has 4 heteroatoms. The summed E-state index contributed by atoms with van der Waals surface area (Å²) >= 11 is 1.89. The predicted octanol–water partition coefficient (Wildman–Crippen LogP) is 5.20. The van der Waals surface area contributed by atoms with E-state index in [0.717, 1.165) is 30.1 Å². The van der Waals surface area contributed by atoms with E-state index in [2.05, 4.69) is 15.3 Å². The van der Waals surface area contributed by atoms with Crippen LogP contribution in [-0.4, -0.2) is 16.5 Å². The highest BCUT2D eigenvalue weighted by molar-refractivity contribution is 7.19. The molecule has 1 N–H and O–H groups in total. The second-order valence-corrected chi connectivity index (χ2v) is 10.4. The summed E-state index contributed by atoms with van der Waals surface area (Å²) in [5.41, 5.74) is 2.20. The van der Waals surface area contributed by atoms with Gasteiger partial charge in [-0.15, -0.1) is 11.3 Å². The smallest absolute Gasteiger partial charge is 0.138 e. The van der Waals surface area contributed by atoms with Gasteiger partial charge in [0.15, 0.2) is 0 Å². The van der Waals surface area contributed by atoms with Gasteiger partial charge >= 0.3 is 0 Å². The highest BCUT2D eigenvalue weighted by Crippen LogP contribution is 2.61. The van der Waals surface area contributed by atoms with Gasteiger partial charge in [-0.1, -0.05) is 0 Å². The van der Waals surface area contributed by atoms with Gasteiger partial charge in [0.25, 0.3) is 0 Å². The maximum absolute atomic E-state index is 4.62. The Labute approximate surface area is 153 Å². The van der Waals surface area contributed by atoms with Crippen molar-refractivity contribution in [2.45, 2.75) is 64.2 Å². The molecule has 0 spiro atoms. The zero-order valence-electron chi connectivity index (χ0n) is 14.9. The van der Waals surface area contributed by atoms with E-state index in [1.165, 1.54) is 60.7 Å². The lowest BCUT2D eigenvalue weighted by molar-refractivity contribution is -0.0552. The minimum absolute atomic E-state index is 0.657. The van der Waals surface area contributed by atoms with Crippen molar-refractivity contribution in [1.82, 2.24) is 9.97 Å². The number of aryl methyl sites for hydroxylation is 2. The Bertz CT molecular complexity index is 789. The van der Waals surface area contributed by atoms with E-state index in [9.17, 15) is 0 Å². The number of rotatable bonds is 4. The Morgan fingerprint density at radius 1 is 1.04 bits per heavy atom. The van der Waals surface area contributed by atoms with Gasteiger partial charge in [0, 0.05) is 11.4 Å². The summed E-state index contributed by atoms with van der Waals surface area (Å²) in [5.74, 6) is 4.26. The molecule has 0 aromatic carbocycles. The van der Waals surface area contributed by atoms with Crippen LogP contribution < -0.4 is 5.32 Å². The zero-order chi connectivity index (χ0) is 16.4. The number of nitrogens with one attached hydrogen (secondary N) is 1. The third-order valence-electron chi connectivity index (χ3n) is 7.61. The van der Waals surface area contributed by atoms with Gasteiger partial charge in [0.2, 0.25) is 0 Å². The van der Waals surface area contributed by atoms with Crippen LogP contribution in [0.5, 0.6) is 0 Å². The Balaban J connectivity index is 1.21. The number of nitrogens with zero attached hydrogens (tertiary/aromatic N) is 2. The maximum atomic E-state index is 4.62. The molecule has 25 heavy (non-hydrogen) atoms. The van der Waals surface area contributed by atoms with Crippen molar-refractivity contribution >= 4 is 27.4 Å². The third-order valence-corrected chi connectivity index (χ3v) is 8.81. The van der Waals surface area contributed by atoms with Crippen molar-refractivity contribution in [3.63, 3.8) is 0 Å². The van der Waals surface area contributed by atoms with Gasteiger partial charge in [-0.05, 0) is 92.9 Å². The van der Waals surface area contributed by atoms with Crippen molar-refractivity contribution in [3.05, 3.63) is 16.8 Å². The number of thiophene rings is 1. The lowest BCUT2D eigenvalue weighted by atomic mass is 9.49. The molecule has 0 radical (unpaired) electrons. The van der Waals surface area contributed by atoms with E-state index < -0.39 is 0 Å². The van der Waals surface area contributed by atoms with E-state index >= 15 is 0 Å². The van der Waals surface area contributed by atoms with Crippen LogP contribution in [-0.2, 0) is 12.8 Å². The standard InChI is InChI=1S/C21H27N3S/c1-2-16-17(3-1)25-20-18(16)19(23-12-24-20)22-5-4-21-9-13-6-14(10-21)8-15(7-13)11-21/h12-15H,1-11H2,(H,22,23,24). The number of hydrogen-bond donors (Lipinski definition) is 1. The van der Waals surface area contributed by atoms with E-state index in [0.29, 0.717) is 5.41 Å². The fourth-order valence-electron chi connectivity index (χ4n) is 7.10. The summed E-state index contributed by atoms with van der Waals surface area (Å²) in [6, 6.07) is 0. The monoisotopic (exact) mass is 353 g/mol. The minimum Gasteiger partial charge on any atom is -0.369 e. The normalized spacial score (nSPS) is 35.4. The van der Waals surface area contributed by atoms with E-state index in [-0.39, 0.29) is 0 Å². The second kappa shape index (κ2) is 5.42. The van der Waals surface area contributed by atoms with E-state index in [4.69, 9.17) is 0 Å². The highest BCUT2D eigenvalue weighted by Gasteiger charge is 2.50. The van der Waals surface area contributed by atoms with Gasteiger partial charge in [-0.2, -0.15) is 0 Å². The molecule has 0 amide bonds. The van der Waals surface area contributed by atoms with Crippen LogP contribution in [0.25, 0.3) is 10.2 Å². The van der Waals surface area contributed by atoms with E-state index in [1.54, 1.807) is 30.5 Å². The van der Waals surface area contributed by atoms with Gasteiger partial charge in [-0.3, -0.25) is 0 Å². The Morgan fingerprint density at radius 2 is 1.80 bits per heavy atom. The first-order valence-electron chi connectivity index (χ1n) is 10.3. The Kier molecular flexibility index (Phi) is 3.24. The fourth-order valence-corrected chi connectivity index (χ4v) is 8.33. The first kappa shape index (κ1) is 15.0. The van der Waals surface area contributed by atoms with Crippen LogP contribution in [0.2, 0.25) is 0 Å². The molecule has 5 aliphatic carbocycles. The molecule has 0 atom stereocenters. The van der Waals surface area contributed by atoms with Gasteiger partial charge in [-0.25, -0.2) is 9.97 Å². The maximum Gasteiger partial charge on any atom is 0.138 e. The summed E-state index contributed by atoms with van der Waals surface area (Å²) in [7, 11) is 0. The molecule has 0 saturated heterocycles. The molecule has 2 aromatic heterocycles. The highest BCUT2D eigenvalue weighted by atomic mass is 32.1. The molecule has 2 heterocycles. The summed E-state index contributed by atoms with van der Waals surface area (Å²) < 4.78 is 0. The average molecular weight is 354 g/mol. The predicted molar refractivity (Wildman–Crippen MR) is 103 cm³/mol. The molecular formula is C21H27N3S. The number of hydrogen-bond acceptors (Lipinski definition) is 4. The quantitative estimate of drug-likeness (QED) is 0.821. The Hall–Kier alpha value is -1.16. The van der Waals surface area contributed by atoms with Crippen molar-refractivity contribution in [1.29, 1.82) is 0 Å². The van der Waals surface area contributed by atoms with Gasteiger partial charge in [0.05, 0.1) is 5.39 Å². The van der Waals surface area contributed by atoms with Crippen LogP contribution in [0.3, 0.4) is 0 Å². The second-order valence-electron chi connectivity index (χ2n) is 9.35. The molecule has 2 aromatic rings. The lowest BCUT2D eigenvalue weighted by Gasteiger charge is -2.57. The van der Waals surface area contributed by atoms with Crippen LogP contribution in [0.15, 0.2) is 6.33 Å². The minimum atomic E-state index is 0.657. The topological polar surface area (TPSA) is 37.8 Å². The van der Waals surface area contributed by atoms with Gasteiger partial charge in [0.1, 0.15) is 17.0 Å². The lowest BCUT2D eigenvalue weighted by Crippen LogP contribution is -2.46. The van der Waals surface area contributed by atoms with Crippen molar-refractivity contribution in [2.75, 3.05) is 11.9 Å². The van der Waals surface area contributed by atoms with Crippen LogP contribution >= 0.6 is 11.3 Å². The molecule has 0 unspecified atom stereocenters. The summed E-state index contributed by atoms with van der Waals surface area (Å²) in [5, 5.41) is 5.07. The largest absolute Gasteiger partial charge is 0.369 e. The molecule has 4 bridgehead atoms. The average Bonchev–Trinajstić information content (AvgIpc) is 3.14. The van der Waals surface area contributed by atoms with Crippen LogP contribution in [0.1, 0.15) is 61.8 Å². The molecular weight excluding hydrogens is 326 g/mol. The number of aromatic nitrogens is 2. The summed E-state index contributed by atoms with van der Waals surface area (Å²) in [6.45, 7) is 1.09. The molecule has 132 valence electrons. The number of anilines is 1.